The Hall–Kier alpha value is -2.14. The molecule has 0 aliphatic rings. The summed E-state index contributed by atoms with van der Waals surface area (Å²) in [5, 5.41) is 3.47. The van der Waals surface area contributed by atoms with Crippen molar-refractivity contribution in [2.24, 2.45) is 0 Å². The molecule has 0 spiro atoms. The van der Waals surface area contributed by atoms with Gasteiger partial charge in [0.15, 0.2) is 0 Å². The van der Waals surface area contributed by atoms with Crippen LogP contribution in [0.3, 0.4) is 0 Å². The van der Waals surface area contributed by atoms with Gasteiger partial charge in [-0.1, -0.05) is 24.3 Å². The van der Waals surface area contributed by atoms with Gasteiger partial charge in [0.2, 0.25) is 11.8 Å². The van der Waals surface area contributed by atoms with Gasteiger partial charge < -0.3 is 14.8 Å². The van der Waals surface area contributed by atoms with Gasteiger partial charge in [0.1, 0.15) is 6.33 Å². The molecule has 0 aliphatic carbocycles. The number of nitrogens with one attached hydrogen (secondary N) is 1. The molecule has 21 heavy (non-hydrogen) atoms. The molecule has 1 aromatic carbocycles. The number of aromatic nitrogens is 2. The quantitative estimate of drug-likeness (QED) is 0.885. The van der Waals surface area contributed by atoms with Crippen LogP contribution >= 0.6 is 0 Å². The van der Waals surface area contributed by atoms with Crippen molar-refractivity contribution in [3.63, 3.8) is 0 Å². The van der Waals surface area contributed by atoms with Gasteiger partial charge >= 0.3 is 0 Å². The number of aryl methyl sites for hydroxylation is 1. The van der Waals surface area contributed by atoms with Gasteiger partial charge in [-0.05, 0) is 25.0 Å². The average Bonchev–Trinajstić information content (AvgIpc) is 2.52. The highest BCUT2D eigenvalue weighted by atomic mass is 16.5. The molecule has 5 nitrogen and oxygen atoms in total. The zero-order chi connectivity index (χ0) is 15.2. The smallest absolute Gasteiger partial charge is 0.224 e. The van der Waals surface area contributed by atoms with Gasteiger partial charge in [0, 0.05) is 12.6 Å². The summed E-state index contributed by atoms with van der Waals surface area (Å²) in [5.74, 6) is 1.07. The zero-order valence-electron chi connectivity index (χ0n) is 12.9. The topological polar surface area (TPSA) is 56.3 Å². The number of ether oxygens (including phenoxy) is 2. The standard InChI is InChI=1S/C16H21N3O2/c1-11-7-5-6-8-13(11)12(2)17-9-14-15(20-3)18-10-19-16(14)21-4/h5-8,10,12,17H,9H2,1-4H3/t12-/m1/s1. The van der Waals surface area contributed by atoms with Crippen molar-refractivity contribution < 1.29 is 9.47 Å². The van der Waals surface area contributed by atoms with Crippen LogP contribution in [0.2, 0.25) is 0 Å². The lowest BCUT2D eigenvalue weighted by Crippen LogP contribution is -2.20. The van der Waals surface area contributed by atoms with Crippen LogP contribution in [0.5, 0.6) is 11.8 Å². The molecule has 0 unspecified atom stereocenters. The first-order valence-corrected chi connectivity index (χ1v) is 6.88. The maximum atomic E-state index is 5.28. The van der Waals surface area contributed by atoms with E-state index < -0.39 is 0 Å². The van der Waals surface area contributed by atoms with E-state index in [1.54, 1.807) is 14.2 Å². The monoisotopic (exact) mass is 287 g/mol. The van der Waals surface area contributed by atoms with Crippen LogP contribution in [0.1, 0.15) is 29.7 Å². The lowest BCUT2D eigenvalue weighted by atomic mass is 10.0. The van der Waals surface area contributed by atoms with E-state index >= 15 is 0 Å². The summed E-state index contributed by atoms with van der Waals surface area (Å²) in [6, 6.07) is 8.54. The Morgan fingerprint density at radius 3 is 2.29 bits per heavy atom. The van der Waals surface area contributed by atoms with Gasteiger partial charge in [-0.15, -0.1) is 0 Å². The van der Waals surface area contributed by atoms with E-state index in [1.165, 1.54) is 17.5 Å². The molecule has 0 bridgehead atoms. The molecule has 0 radical (unpaired) electrons. The molecule has 5 heteroatoms. The van der Waals surface area contributed by atoms with E-state index in [1.807, 2.05) is 12.1 Å². The van der Waals surface area contributed by atoms with Crippen LogP contribution < -0.4 is 14.8 Å². The molecule has 1 heterocycles. The predicted octanol–water partition coefficient (Wildman–Crippen LogP) is 2.65. The second kappa shape index (κ2) is 7.04. The van der Waals surface area contributed by atoms with Gasteiger partial charge in [0.05, 0.1) is 19.8 Å². The molecule has 1 N–H and O–H groups in total. The van der Waals surface area contributed by atoms with Gasteiger partial charge in [-0.3, -0.25) is 0 Å². The number of nitrogens with zero attached hydrogens (tertiary/aromatic N) is 2. The molecule has 1 atom stereocenters. The molecule has 0 saturated heterocycles. The van der Waals surface area contributed by atoms with Crippen molar-refractivity contribution >= 4 is 0 Å². The molecule has 0 saturated carbocycles. The maximum Gasteiger partial charge on any atom is 0.224 e. The minimum absolute atomic E-state index is 0.209. The molecule has 2 aromatic rings. The Bertz CT molecular complexity index is 580. The molecular formula is C16H21N3O2. The van der Waals surface area contributed by atoms with Gasteiger partial charge in [-0.2, -0.15) is 0 Å². The normalized spacial score (nSPS) is 12.0. The molecule has 0 aliphatic heterocycles. The zero-order valence-corrected chi connectivity index (χ0v) is 12.9. The summed E-state index contributed by atoms with van der Waals surface area (Å²) in [6.45, 7) is 4.81. The molecule has 1 aromatic heterocycles. The number of benzene rings is 1. The Balaban J connectivity index is 2.15. The Morgan fingerprint density at radius 2 is 1.71 bits per heavy atom. The minimum atomic E-state index is 0.209. The van der Waals surface area contributed by atoms with Crippen molar-refractivity contribution in [2.45, 2.75) is 26.4 Å². The fourth-order valence-electron chi connectivity index (χ4n) is 2.32. The van der Waals surface area contributed by atoms with Crippen LogP contribution in [0.15, 0.2) is 30.6 Å². The molecule has 2 rings (SSSR count). The van der Waals surface area contributed by atoms with Crippen LogP contribution in [0.25, 0.3) is 0 Å². The number of hydrogen-bond donors (Lipinski definition) is 1. The lowest BCUT2D eigenvalue weighted by molar-refractivity contribution is 0.357. The number of hydrogen-bond acceptors (Lipinski definition) is 5. The maximum absolute atomic E-state index is 5.28. The average molecular weight is 287 g/mol. The van der Waals surface area contributed by atoms with E-state index in [9.17, 15) is 0 Å². The van der Waals surface area contributed by atoms with E-state index in [4.69, 9.17) is 9.47 Å². The summed E-state index contributed by atoms with van der Waals surface area (Å²) in [4.78, 5) is 8.24. The SMILES string of the molecule is COc1ncnc(OC)c1CN[C@H](C)c1ccccc1C. The van der Waals surface area contributed by atoms with E-state index in [0.29, 0.717) is 18.3 Å². The van der Waals surface area contributed by atoms with Crippen LogP contribution in [-0.2, 0) is 6.54 Å². The second-order valence-electron chi connectivity index (χ2n) is 4.83. The molecular weight excluding hydrogens is 266 g/mol. The van der Waals surface area contributed by atoms with E-state index in [0.717, 1.165) is 5.56 Å². The summed E-state index contributed by atoms with van der Waals surface area (Å²) in [5.41, 5.74) is 3.36. The number of rotatable bonds is 6. The summed E-state index contributed by atoms with van der Waals surface area (Å²) < 4.78 is 10.6. The third kappa shape index (κ3) is 3.49. The Morgan fingerprint density at radius 1 is 1.10 bits per heavy atom. The van der Waals surface area contributed by atoms with Crippen LogP contribution in [0.4, 0.5) is 0 Å². The second-order valence-corrected chi connectivity index (χ2v) is 4.83. The van der Waals surface area contributed by atoms with Crippen molar-refractivity contribution in [1.82, 2.24) is 15.3 Å². The first-order chi connectivity index (χ1) is 10.2. The fourth-order valence-corrected chi connectivity index (χ4v) is 2.32. The van der Waals surface area contributed by atoms with Crippen molar-refractivity contribution in [3.8, 4) is 11.8 Å². The van der Waals surface area contributed by atoms with Crippen LogP contribution in [-0.4, -0.2) is 24.2 Å². The first kappa shape index (κ1) is 15.3. The highest BCUT2D eigenvalue weighted by molar-refractivity contribution is 5.35. The summed E-state index contributed by atoms with van der Waals surface area (Å²) >= 11 is 0. The van der Waals surface area contributed by atoms with Gasteiger partial charge in [0.25, 0.3) is 0 Å². The fraction of sp³-hybridized carbons (Fsp3) is 0.375. The third-order valence-corrected chi connectivity index (χ3v) is 3.49. The summed E-state index contributed by atoms with van der Waals surface area (Å²) in [7, 11) is 3.19. The molecule has 0 fully saturated rings. The predicted molar refractivity (Wildman–Crippen MR) is 81.6 cm³/mol. The number of methoxy groups -OCH3 is 2. The first-order valence-electron chi connectivity index (χ1n) is 6.88. The van der Waals surface area contributed by atoms with E-state index in [-0.39, 0.29) is 6.04 Å². The van der Waals surface area contributed by atoms with Crippen molar-refractivity contribution in [1.29, 1.82) is 0 Å². The van der Waals surface area contributed by atoms with Crippen LogP contribution in [0, 0.1) is 6.92 Å². The highest BCUT2D eigenvalue weighted by Gasteiger charge is 2.15. The third-order valence-electron chi connectivity index (χ3n) is 3.49. The van der Waals surface area contributed by atoms with E-state index in [2.05, 4.69) is 41.3 Å². The van der Waals surface area contributed by atoms with Gasteiger partial charge in [-0.25, -0.2) is 9.97 Å². The molecule has 112 valence electrons. The minimum Gasteiger partial charge on any atom is -0.481 e. The van der Waals surface area contributed by atoms with Crippen molar-refractivity contribution in [2.75, 3.05) is 14.2 Å². The largest absolute Gasteiger partial charge is 0.481 e. The Labute approximate surface area is 125 Å². The van der Waals surface area contributed by atoms with Crippen molar-refractivity contribution in [3.05, 3.63) is 47.3 Å². The highest BCUT2D eigenvalue weighted by Crippen LogP contribution is 2.24. The lowest BCUT2D eigenvalue weighted by Gasteiger charge is -2.18. The summed E-state index contributed by atoms with van der Waals surface area (Å²) in [6.07, 6.45) is 1.44. The Kier molecular flexibility index (Phi) is 5.11. The molecule has 0 amide bonds.